The van der Waals surface area contributed by atoms with Gasteiger partial charge >= 0.3 is 12.1 Å². The maximum absolute atomic E-state index is 13.8. The molecule has 0 spiro atoms. The average Bonchev–Trinajstić information content (AvgIpc) is 3.01. The van der Waals surface area contributed by atoms with E-state index in [4.69, 9.17) is 23.9 Å². The molecular formula is C33H40F3N3O5. The molecule has 0 N–H and O–H groups in total. The number of nitrogens with zero attached hydrogens (tertiary/aromatic N) is 3. The summed E-state index contributed by atoms with van der Waals surface area (Å²) in [6.07, 6.45) is -2.82. The van der Waals surface area contributed by atoms with Gasteiger partial charge in [-0.2, -0.15) is 13.2 Å². The second-order valence-corrected chi connectivity index (χ2v) is 11.5. The van der Waals surface area contributed by atoms with E-state index in [0.717, 1.165) is 64.4 Å². The van der Waals surface area contributed by atoms with Gasteiger partial charge in [-0.15, -0.1) is 0 Å². The maximum atomic E-state index is 13.8. The van der Waals surface area contributed by atoms with Crippen LogP contribution in [0.1, 0.15) is 55.1 Å². The zero-order valence-corrected chi connectivity index (χ0v) is 25.7. The van der Waals surface area contributed by atoms with Crippen LogP contribution < -0.4 is 9.47 Å². The highest BCUT2D eigenvalue weighted by atomic mass is 19.4. The lowest BCUT2D eigenvalue weighted by Gasteiger charge is -2.40. The fraction of sp³-hybridized carbons (Fsp3) is 0.515. The van der Waals surface area contributed by atoms with E-state index < -0.39 is 17.7 Å². The van der Waals surface area contributed by atoms with Gasteiger partial charge in [0.2, 0.25) is 0 Å². The number of ether oxygens (including phenoxy) is 4. The Morgan fingerprint density at radius 1 is 1.07 bits per heavy atom. The number of hydrogen-bond acceptors (Lipinski definition) is 8. The molecule has 2 aliphatic rings. The molecule has 0 atom stereocenters. The predicted molar refractivity (Wildman–Crippen MR) is 161 cm³/mol. The largest absolute Gasteiger partial charge is 0.490 e. The molecule has 0 amide bonds. The normalized spacial score (nSPS) is 17.3. The summed E-state index contributed by atoms with van der Waals surface area (Å²) in [5.74, 6) is 0.291. The number of piperidine rings is 1. The van der Waals surface area contributed by atoms with Gasteiger partial charge in [-0.25, -0.2) is 9.78 Å². The third-order valence-electron chi connectivity index (χ3n) is 8.17. The lowest BCUT2D eigenvalue weighted by atomic mass is 9.94. The number of carbonyl (C=O) groups excluding carboxylic acids is 1. The number of rotatable bonds is 9. The molecule has 3 aromatic rings. The molecule has 2 aliphatic heterocycles. The van der Waals surface area contributed by atoms with E-state index in [1.165, 1.54) is 13.2 Å². The van der Waals surface area contributed by atoms with Gasteiger partial charge in [-0.3, -0.25) is 9.80 Å². The summed E-state index contributed by atoms with van der Waals surface area (Å²) >= 11 is 0. The van der Waals surface area contributed by atoms with Crippen molar-refractivity contribution >= 4 is 16.9 Å². The number of benzene rings is 2. The minimum Gasteiger partial charge on any atom is -0.490 e. The summed E-state index contributed by atoms with van der Waals surface area (Å²) in [7, 11) is 1.30. The molecule has 8 nitrogen and oxygen atoms in total. The number of hydrogen-bond donors (Lipinski definition) is 0. The number of alkyl halides is 3. The van der Waals surface area contributed by atoms with Crippen molar-refractivity contribution in [2.45, 2.75) is 58.5 Å². The molecular weight excluding hydrogens is 575 g/mol. The van der Waals surface area contributed by atoms with E-state index in [0.29, 0.717) is 52.9 Å². The van der Waals surface area contributed by atoms with Crippen LogP contribution in [0.3, 0.4) is 0 Å². The van der Waals surface area contributed by atoms with Gasteiger partial charge in [-0.05, 0) is 64.9 Å². The summed E-state index contributed by atoms with van der Waals surface area (Å²) in [4.78, 5) is 23.2. The second-order valence-electron chi connectivity index (χ2n) is 11.5. The standard InChI is InChI=1S/C33H40F3N3O5/c1-5-43-28-18-25-27(19-29(28)44-21(2)3)37-31(22-7-6-8-23(17-22)33(34,35)36)26(30(25)32(40)41-4)20-38-11-9-24(10-12-38)39-13-15-42-16-14-39/h6-8,17-19,21,24H,5,9-16,20H2,1-4H3. The third kappa shape index (κ3) is 7.11. The van der Waals surface area contributed by atoms with Crippen LogP contribution in [0.15, 0.2) is 36.4 Å². The van der Waals surface area contributed by atoms with Crippen LogP contribution >= 0.6 is 0 Å². The Morgan fingerprint density at radius 3 is 2.43 bits per heavy atom. The molecule has 0 unspecified atom stereocenters. The summed E-state index contributed by atoms with van der Waals surface area (Å²) in [5, 5.41) is 0.491. The molecule has 0 aliphatic carbocycles. The summed E-state index contributed by atoms with van der Waals surface area (Å²) in [6, 6.07) is 8.93. The Balaban J connectivity index is 1.64. The lowest BCUT2D eigenvalue weighted by molar-refractivity contribution is -0.137. The van der Waals surface area contributed by atoms with Crippen molar-refractivity contribution in [2.24, 2.45) is 0 Å². The first-order valence-corrected chi connectivity index (χ1v) is 15.2. The van der Waals surface area contributed by atoms with Gasteiger partial charge in [-0.1, -0.05) is 12.1 Å². The molecule has 0 bridgehead atoms. The van der Waals surface area contributed by atoms with Crippen molar-refractivity contribution in [2.75, 3.05) is 53.1 Å². The summed E-state index contributed by atoms with van der Waals surface area (Å²) in [5.41, 5.74) is 0.964. The Bertz CT molecular complexity index is 1470. The van der Waals surface area contributed by atoms with Gasteiger partial charge < -0.3 is 18.9 Å². The van der Waals surface area contributed by atoms with E-state index in [9.17, 15) is 18.0 Å². The zero-order chi connectivity index (χ0) is 31.4. The van der Waals surface area contributed by atoms with Crippen LogP contribution in [-0.4, -0.2) is 86.0 Å². The van der Waals surface area contributed by atoms with Gasteiger partial charge in [0.25, 0.3) is 0 Å². The van der Waals surface area contributed by atoms with Crippen LogP contribution in [0.5, 0.6) is 11.5 Å². The van der Waals surface area contributed by atoms with Crippen LogP contribution in [0.25, 0.3) is 22.2 Å². The van der Waals surface area contributed by atoms with Crippen molar-refractivity contribution in [3.05, 3.63) is 53.1 Å². The molecule has 0 saturated carbocycles. The highest BCUT2D eigenvalue weighted by Crippen LogP contribution is 2.40. The van der Waals surface area contributed by atoms with E-state index >= 15 is 0 Å². The topological polar surface area (TPSA) is 73.4 Å². The van der Waals surface area contributed by atoms with Gasteiger partial charge in [0.15, 0.2) is 11.5 Å². The number of pyridine rings is 1. The molecule has 11 heteroatoms. The molecule has 5 rings (SSSR count). The SMILES string of the molecule is CCOc1cc2c(C(=O)OC)c(CN3CCC(N4CCOCC4)CC3)c(-c3cccc(C(F)(F)F)c3)nc2cc1OC(C)C. The van der Waals surface area contributed by atoms with Crippen LogP contribution in [0, 0.1) is 0 Å². The zero-order valence-electron chi connectivity index (χ0n) is 25.7. The molecule has 1 aromatic heterocycles. The monoisotopic (exact) mass is 615 g/mol. The Hall–Kier alpha value is -3.41. The van der Waals surface area contributed by atoms with Gasteiger partial charge in [0, 0.05) is 48.3 Å². The first kappa shape index (κ1) is 32.0. The number of methoxy groups -OCH3 is 1. The first-order valence-electron chi connectivity index (χ1n) is 15.2. The number of fused-ring (bicyclic) bond motifs is 1. The number of halogens is 3. The summed E-state index contributed by atoms with van der Waals surface area (Å²) < 4.78 is 64.1. The number of esters is 1. The highest BCUT2D eigenvalue weighted by Gasteiger charge is 2.33. The molecule has 238 valence electrons. The fourth-order valence-electron chi connectivity index (χ4n) is 6.10. The van der Waals surface area contributed by atoms with E-state index in [2.05, 4.69) is 9.80 Å². The summed E-state index contributed by atoms with van der Waals surface area (Å²) in [6.45, 7) is 11.1. The van der Waals surface area contributed by atoms with Gasteiger partial charge in [0.05, 0.1) is 55.4 Å². The van der Waals surface area contributed by atoms with Crippen LogP contribution in [-0.2, 0) is 22.2 Å². The number of likely N-dealkylation sites (tertiary alicyclic amines) is 1. The van der Waals surface area contributed by atoms with Crippen molar-refractivity contribution in [3.8, 4) is 22.8 Å². The number of aromatic nitrogens is 1. The molecule has 0 radical (unpaired) electrons. The third-order valence-corrected chi connectivity index (χ3v) is 8.17. The minimum atomic E-state index is -4.54. The van der Waals surface area contributed by atoms with Crippen LogP contribution in [0.4, 0.5) is 13.2 Å². The fourth-order valence-corrected chi connectivity index (χ4v) is 6.10. The smallest absolute Gasteiger partial charge is 0.416 e. The number of morpholine rings is 1. The average molecular weight is 616 g/mol. The molecule has 44 heavy (non-hydrogen) atoms. The lowest BCUT2D eigenvalue weighted by Crippen LogP contribution is -2.48. The molecule has 2 aromatic carbocycles. The van der Waals surface area contributed by atoms with E-state index in [-0.39, 0.29) is 17.2 Å². The van der Waals surface area contributed by atoms with Crippen molar-refractivity contribution in [1.29, 1.82) is 0 Å². The van der Waals surface area contributed by atoms with Gasteiger partial charge in [0.1, 0.15) is 0 Å². The minimum absolute atomic E-state index is 0.172. The Kier molecular flexibility index (Phi) is 9.97. The number of carbonyl (C=O) groups is 1. The molecule has 2 saturated heterocycles. The Morgan fingerprint density at radius 2 is 1.80 bits per heavy atom. The van der Waals surface area contributed by atoms with E-state index in [1.807, 2.05) is 20.8 Å². The molecule has 3 heterocycles. The van der Waals surface area contributed by atoms with Crippen molar-refractivity contribution in [3.63, 3.8) is 0 Å². The Labute approximate surface area is 256 Å². The maximum Gasteiger partial charge on any atom is 0.416 e. The van der Waals surface area contributed by atoms with Crippen molar-refractivity contribution in [1.82, 2.24) is 14.8 Å². The highest BCUT2D eigenvalue weighted by molar-refractivity contribution is 6.07. The quantitative estimate of drug-likeness (QED) is 0.264. The second kappa shape index (κ2) is 13.7. The van der Waals surface area contributed by atoms with Crippen LogP contribution in [0.2, 0.25) is 0 Å². The van der Waals surface area contributed by atoms with E-state index in [1.54, 1.807) is 18.2 Å². The predicted octanol–water partition coefficient (Wildman–Crippen LogP) is 6.19. The molecule has 2 fully saturated rings. The first-order chi connectivity index (χ1) is 21.1. The van der Waals surface area contributed by atoms with Crippen molar-refractivity contribution < 1.29 is 36.9 Å².